The quantitative estimate of drug-likeness (QED) is 0.441. The maximum atomic E-state index is 11.6. The summed E-state index contributed by atoms with van der Waals surface area (Å²) < 4.78 is 23.2. The van der Waals surface area contributed by atoms with E-state index in [2.05, 4.69) is 0 Å². The van der Waals surface area contributed by atoms with Gasteiger partial charge in [-0.2, -0.15) is 0 Å². The molecule has 0 aromatic heterocycles. The van der Waals surface area contributed by atoms with E-state index in [0.29, 0.717) is 0 Å². The molecule has 0 saturated heterocycles. The van der Waals surface area contributed by atoms with Gasteiger partial charge in [0.25, 0.3) is 0 Å². The smallest absolute Gasteiger partial charge is 1.00 e. The minimum atomic E-state index is -3.93. The summed E-state index contributed by atoms with van der Waals surface area (Å²) in [7, 11) is -7.86. The topological polar surface area (TPSA) is 115 Å². The molecule has 0 amide bonds. The normalized spacial score (nSPS) is 20.0. The Balaban J connectivity index is -0.000000375. The van der Waals surface area contributed by atoms with E-state index in [1.165, 1.54) is 27.7 Å². The standard InChI is InChI=1S/C8H20O6P2.Mg.2H/c1-7(2,9)15(11,12)5-6-16(13,14)8(3,4)10;;;/h9-10H,5-6H2,1-4H3,(H,11,12)(H,13,14);;;/q;+2;2*-1. The molecule has 0 spiro atoms. The van der Waals surface area contributed by atoms with Crippen molar-refractivity contribution in [3.63, 3.8) is 0 Å². The van der Waals surface area contributed by atoms with Crippen LogP contribution in [0.3, 0.4) is 0 Å². The molecule has 0 aliphatic rings. The molecule has 2 atom stereocenters. The Morgan fingerprint density at radius 2 is 1.06 bits per heavy atom. The van der Waals surface area contributed by atoms with E-state index < -0.39 is 37.7 Å². The summed E-state index contributed by atoms with van der Waals surface area (Å²) in [6.07, 6.45) is -1.01. The van der Waals surface area contributed by atoms with Crippen LogP contribution in [0.2, 0.25) is 0 Å². The van der Waals surface area contributed by atoms with Gasteiger partial charge in [-0.3, -0.25) is 9.13 Å². The third-order valence-electron chi connectivity index (χ3n) is 2.42. The molecule has 0 saturated carbocycles. The molecular weight excluding hydrogens is 278 g/mol. The molecule has 2 unspecified atom stereocenters. The van der Waals surface area contributed by atoms with E-state index in [-0.39, 0.29) is 25.9 Å². The van der Waals surface area contributed by atoms with Crippen molar-refractivity contribution in [2.24, 2.45) is 0 Å². The van der Waals surface area contributed by atoms with Gasteiger partial charge >= 0.3 is 23.1 Å². The zero-order valence-electron chi connectivity index (χ0n) is 12.6. The van der Waals surface area contributed by atoms with Crippen molar-refractivity contribution in [2.45, 2.75) is 38.4 Å². The number of hydrogen-bond donors (Lipinski definition) is 4. The van der Waals surface area contributed by atoms with Crippen LogP contribution in [-0.4, -0.2) is 66.1 Å². The van der Waals surface area contributed by atoms with E-state index in [9.17, 15) is 29.1 Å². The van der Waals surface area contributed by atoms with Crippen molar-refractivity contribution >= 4 is 37.8 Å². The van der Waals surface area contributed by atoms with E-state index in [4.69, 9.17) is 0 Å². The Morgan fingerprint density at radius 1 is 0.882 bits per heavy atom. The fourth-order valence-electron chi connectivity index (χ4n) is 0.818. The van der Waals surface area contributed by atoms with Crippen molar-refractivity contribution in [1.82, 2.24) is 0 Å². The Labute approximate surface area is 120 Å². The molecule has 9 heteroatoms. The third kappa shape index (κ3) is 5.70. The second-order valence-electron chi connectivity index (χ2n) is 4.84. The van der Waals surface area contributed by atoms with Gasteiger partial charge < -0.3 is 22.9 Å². The number of aliphatic hydroxyl groups is 2. The molecule has 0 bridgehead atoms. The molecule has 0 heterocycles. The van der Waals surface area contributed by atoms with Crippen molar-refractivity contribution in [1.29, 1.82) is 0 Å². The predicted molar refractivity (Wildman–Crippen MR) is 70.0 cm³/mol. The van der Waals surface area contributed by atoms with E-state index >= 15 is 0 Å². The Bertz CT molecular complexity index is 318. The predicted octanol–water partition coefficient (Wildman–Crippen LogP) is 0.828. The van der Waals surface area contributed by atoms with Gasteiger partial charge in [0.1, 0.15) is 10.7 Å². The van der Waals surface area contributed by atoms with Gasteiger partial charge in [-0.1, -0.05) is 0 Å². The molecular formula is C8H22MgO6P2. The van der Waals surface area contributed by atoms with Crippen LogP contribution in [0.1, 0.15) is 30.5 Å². The summed E-state index contributed by atoms with van der Waals surface area (Å²) in [5.41, 5.74) is 0. The first-order chi connectivity index (χ1) is 6.71. The molecule has 6 nitrogen and oxygen atoms in total. The summed E-state index contributed by atoms with van der Waals surface area (Å²) in [6.45, 7) is 4.67. The number of rotatable bonds is 5. The molecule has 17 heavy (non-hydrogen) atoms. The minimum absolute atomic E-state index is 0. The van der Waals surface area contributed by atoms with Gasteiger partial charge in [-0.25, -0.2) is 0 Å². The second-order valence-corrected chi connectivity index (χ2v) is 10.7. The van der Waals surface area contributed by atoms with Crippen LogP contribution in [0.25, 0.3) is 0 Å². The third-order valence-corrected chi connectivity index (χ3v) is 7.85. The van der Waals surface area contributed by atoms with Crippen molar-refractivity contribution in [2.75, 3.05) is 12.3 Å². The molecule has 102 valence electrons. The van der Waals surface area contributed by atoms with E-state index in [1.54, 1.807) is 0 Å². The molecule has 4 N–H and O–H groups in total. The van der Waals surface area contributed by atoms with Crippen LogP contribution in [0.5, 0.6) is 0 Å². The summed E-state index contributed by atoms with van der Waals surface area (Å²) in [5, 5.41) is 15.2. The summed E-state index contributed by atoms with van der Waals surface area (Å²) in [5.74, 6) is 0. The first-order valence-corrected chi connectivity index (χ1v) is 8.48. The van der Waals surface area contributed by atoms with Gasteiger partial charge in [0, 0.05) is 12.3 Å². The maximum absolute atomic E-state index is 11.6. The Morgan fingerprint density at radius 3 is 1.18 bits per heavy atom. The van der Waals surface area contributed by atoms with E-state index in [1.807, 2.05) is 0 Å². The monoisotopic (exact) mass is 300 g/mol. The average molecular weight is 301 g/mol. The minimum Gasteiger partial charge on any atom is -1.00 e. The van der Waals surface area contributed by atoms with Crippen LogP contribution in [0, 0.1) is 0 Å². The van der Waals surface area contributed by atoms with Gasteiger partial charge in [-0.05, 0) is 27.7 Å². The molecule has 0 fully saturated rings. The first kappa shape index (κ1) is 20.4. The largest absolute Gasteiger partial charge is 2.00 e. The van der Waals surface area contributed by atoms with Crippen LogP contribution < -0.4 is 0 Å². The zero-order chi connectivity index (χ0) is 13.4. The summed E-state index contributed by atoms with van der Waals surface area (Å²) >= 11 is 0. The van der Waals surface area contributed by atoms with Gasteiger partial charge in [0.2, 0.25) is 14.7 Å². The summed E-state index contributed by atoms with van der Waals surface area (Å²) in [4.78, 5) is 18.9. The molecule has 0 aliphatic carbocycles. The van der Waals surface area contributed by atoms with Crippen molar-refractivity contribution < 1.29 is 32.0 Å². The molecule has 0 aromatic rings. The maximum Gasteiger partial charge on any atom is 2.00 e. The fraction of sp³-hybridized carbons (Fsp3) is 1.00. The molecule has 0 aliphatic heterocycles. The van der Waals surface area contributed by atoms with Crippen LogP contribution in [0.15, 0.2) is 0 Å². The second kappa shape index (κ2) is 6.01. The Kier molecular flexibility index (Phi) is 7.21. The van der Waals surface area contributed by atoms with Gasteiger partial charge in [0.05, 0.1) is 0 Å². The van der Waals surface area contributed by atoms with Crippen LogP contribution >= 0.6 is 14.7 Å². The molecule has 0 rings (SSSR count). The van der Waals surface area contributed by atoms with Gasteiger partial charge in [-0.15, -0.1) is 0 Å². The van der Waals surface area contributed by atoms with Crippen LogP contribution in [-0.2, 0) is 9.13 Å². The summed E-state index contributed by atoms with van der Waals surface area (Å²) in [6, 6.07) is 0. The average Bonchev–Trinajstić information content (AvgIpc) is 1.97. The van der Waals surface area contributed by atoms with Crippen LogP contribution in [0.4, 0.5) is 0 Å². The number of hydrogen-bond acceptors (Lipinski definition) is 4. The molecule has 0 aromatic carbocycles. The van der Waals surface area contributed by atoms with Crippen molar-refractivity contribution in [3.05, 3.63) is 0 Å². The SMILES string of the molecule is CC(C)(O)P(=O)(O)CCP(=O)(O)C(C)(C)O.[H-].[H-].[Mg+2]. The molecule has 0 radical (unpaired) electrons. The van der Waals surface area contributed by atoms with Crippen molar-refractivity contribution in [3.8, 4) is 0 Å². The fourth-order valence-corrected chi connectivity index (χ4v) is 4.08. The first-order valence-electron chi connectivity index (χ1n) is 4.79. The zero-order valence-corrected chi connectivity index (χ0v) is 13.8. The van der Waals surface area contributed by atoms with Gasteiger partial charge in [0.15, 0.2) is 0 Å². The van der Waals surface area contributed by atoms with E-state index in [0.717, 1.165) is 0 Å². The Hall–Kier alpha value is 1.07.